The third-order valence-corrected chi connectivity index (χ3v) is 3.89. The summed E-state index contributed by atoms with van der Waals surface area (Å²) in [6.45, 7) is 1.93. The van der Waals surface area contributed by atoms with E-state index in [0.717, 1.165) is 22.3 Å². The quantitative estimate of drug-likeness (QED) is 0.705. The van der Waals surface area contributed by atoms with Gasteiger partial charge < -0.3 is 10.1 Å². The van der Waals surface area contributed by atoms with Gasteiger partial charge in [0.15, 0.2) is 5.11 Å². The van der Waals surface area contributed by atoms with Crippen molar-refractivity contribution in [2.24, 2.45) is 0 Å². The number of methoxy groups -OCH3 is 1. The first-order valence-electron chi connectivity index (χ1n) is 7.70. The van der Waals surface area contributed by atoms with Crippen LogP contribution in [0, 0.1) is 6.92 Å². The third-order valence-electron chi connectivity index (χ3n) is 3.69. The van der Waals surface area contributed by atoms with E-state index >= 15 is 0 Å². The van der Waals surface area contributed by atoms with Crippen molar-refractivity contribution in [1.82, 2.24) is 10.3 Å². The molecule has 3 rings (SSSR count). The Morgan fingerprint density at radius 3 is 2.68 bits per heavy atom. The standard InChI is InChI=1S/C19H17N3O2S/c1-12-10-11-13-6-5-8-15(17(13)20-12)21-19(25)22-18(23)14-7-3-4-9-16(14)24-2/h3-11H,1-2H3,(H2,21,22,23,25). The first-order valence-corrected chi connectivity index (χ1v) is 8.11. The lowest BCUT2D eigenvalue weighted by Crippen LogP contribution is -2.34. The van der Waals surface area contributed by atoms with Gasteiger partial charge in [0.2, 0.25) is 0 Å². The van der Waals surface area contributed by atoms with Gasteiger partial charge in [-0.25, -0.2) is 0 Å². The van der Waals surface area contributed by atoms with Gasteiger partial charge in [0.25, 0.3) is 5.91 Å². The number of amides is 1. The molecule has 0 radical (unpaired) electrons. The monoisotopic (exact) mass is 351 g/mol. The maximum absolute atomic E-state index is 12.4. The third kappa shape index (κ3) is 3.75. The number of rotatable bonds is 3. The van der Waals surface area contributed by atoms with Crippen molar-refractivity contribution in [3.63, 3.8) is 0 Å². The molecule has 126 valence electrons. The van der Waals surface area contributed by atoms with E-state index in [1.165, 1.54) is 7.11 Å². The van der Waals surface area contributed by atoms with Gasteiger partial charge in [0, 0.05) is 11.1 Å². The van der Waals surface area contributed by atoms with E-state index in [1.807, 2.05) is 37.3 Å². The summed E-state index contributed by atoms with van der Waals surface area (Å²) < 4.78 is 5.20. The summed E-state index contributed by atoms with van der Waals surface area (Å²) in [7, 11) is 1.52. The lowest BCUT2D eigenvalue weighted by molar-refractivity contribution is 0.0975. The summed E-state index contributed by atoms with van der Waals surface area (Å²) in [5, 5.41) is 6.91. The maximum Gasteiger partial charge on any atom is 0.261 e. The number of fused-ring (bicyclic) bond motifs is 1. The number of carbonyl (C=O) groups excluding carboxylic acids is 1. The summed E-state index contributed by atoms with van der Waals surface area (Å²) in [6, 6.07) is 16.7. The molecule has 2 aromatic carbocycles. The Labute approximate surface area is 151 Å². The number of thiocarbonyl (C=S) groups is 1. The Balaban J connectivity index is 1.79. The topological polar surface area (TPSA) is 63.2 Å². The fraction of sp³-hybridized carbons (Fsp3) is 0.105. The van der Waals surface area contributed by atoms with E-state index in [2.05, 4.69) is 15.6 Å². The Bertz CT molecular complexity index is 956. The van der Waals surface area contributed by atoms with Crippen LogP contribution in [0.3, 0.4) is 0 Å². The van der Waals surface area contributed by atoms with E-state index in [4.69, 9.17) is 17.0 Å². The molecule has 0 spiro atoms. The van der Waals surface area contributed by atoms with Gasteiger partial charge in [-0.05, 0) is 43.4 Å². The van der Waals surface area contributed by atoms with E-state index in [9.17, 15) is 4.79 Å². The number of hydrogen-bond donors (Lipinski definition) is 2. The molecule has 0 fully saturated rings. The lowest BCUT2D eigenvalue weighted by Gasteiger charge is -2.13. The van der Waals surface area contributed by atoms with Crippen molar-refractivity contribution < 1.29 is 9.53 Å². The molecule has 0 bridgehead atoms. The molecule has 1 heterocycles. The van der Waals surface area contributed by atoms with Crippen LogP contribution in [0.4, 0.5) is 5.69 Å². The van der Waals surface area contributed by atoms with Crippen LogP contribution in [0.25, 0.3) is 10.9 Å². The molecule has 1 amide bonds. The first-order chi connectivity index (χ1) is 12.1. The van der Waals surface area contributed by atoms with E-state index in [1.54, 1.807) is 24.3 Å². The molecule has 0 saturated heterocycles. The molecule has 6 heteroatoms. The summed E-state index contributed by atoms with van der Waals surface area (Å²) in [4.78, 5) is 16.9. The molecule has 2 N–H and O–H groups in total. The molecule has 0 aliphatic carbocycles. The second-order valence-electron chi connectivity index (χ2n) is 5.44. The Kier molecular flexibility index (Phi) is 4.90. The summed E-state index contributed by atoms with van der Waals surface area (Å²) >= 11 is 5.28. The number of nitrogens with zero attached hydrogens (tertiary/aromatic N) is 1. The van der Waals surface area contributed by atoms with Crippen molar-refractivity contribution in [2.75, 3.05) is 12.4 Å². The van der Waals surface area contributed by atoms with Crippen LogP contribution < -0.4 is 15.4 Å². The summed E-state index contributed by atoms with van der Waals surface area (Å²) in [5.41, 5.74) is 2.87. The zero-order valence-electron chi connectivity index (χ0n) is 13.9. The predicted octanol–water partition coefficient (Wildman–Crippen LogP) is 3.68. The minimum absolute atomic E-state index is 0.201. The molecule has 1 aromatic heterocycles. The van der Waals surface area contributed by atoms with Crippen LogP contribution >= 0.6 is 12.2 Å². The molecule has 0 aliphatic heterocycles. The highest BCUT2D eigenvalue weighted by Crippen LogP contribution is 2.22. The fourth-order valence-corrected chi connectivity index (χ4v) is 2.70. The number of carbonyl (C=O) groups is 1. The van der Waals surface area contributed by atoms with Crippen LogP contribution in [0.2, 0.25) is 0 Å². The van der Waals surface area contributed by atoms with Crippen LogP contribution in [0.15, 0.2) is 54.6 Å². The number of hydrogen-bond acceptors (Lipinski definition) is 4. The molecule has 0 saturated carbocycles. The normalized spacial score (nSPS) is 10.3. The number of para-hydroxylation sites is 2. The van der Waals surface area contributed by atoms with Gasteiger partial charge in [-0.2, -0.15) is 0 Å². The second-order valence-corrected chi connectivity index (χ2v) is 5.85. The highest BCUT2D eigenvalue weighted by atomic mass is 32.1. The van der Waals surface area contributed by atoms with Gasteiger partial charge in [0.1, 0.15) is 5.75 Å². The average Bonchev–Trinajstić information content (AvgIpc) is 2.62. The molecular formula is C19H17N3O2S. The largest absolute Gasteiger partial charge is 0.496 e. The molecule has 0 aliphatic rings. The number of pyridine rings is 1. The summed E-state index contributed by atoms with van der Waals surface area (Å²) in [5.74, 6) is 0.157. The highest BCUT2D eigenvalue weighted by molar-refractivity contribution is 7.80. The average molecular weight is 351 g/mol. The minimum atomic E-state index is -0.334. The van der Waals surface area contributed by atoms with Gasteiger partial charge in [-0.3, -0.25) is 15.1 Å². The molecule has 5 nitrogen and oxygen atoms in total. The van der Waals surface area contributed by atoms with Gasteiger partial charge >= 0.3 is 0 Å². The van der Waals surface area contributed by atoms with Crippen LogP contribution in [0.5, 0.6) is 5.75 Å². The molecule has 0 unspecified atom stereocenters. The van der Waals surface area contributed by atoms with Gasteiger partial charge in [-0.15, -0.1) is 0 Å². The Hall–Kier alpha value is -2.99. The molecule has 3 aromatic rings. The van der Waals surface area contributed by atoms with Gasteiger partial charge in [-0.1, -0.05) is 30.3 Å². The van der Waals surface area contributed by atoms with Crippen molar-refractivity contribution in [3.05, 3.63) is 65.9 Å². The number of benzene rings is 2. The molecule has 0 atom stereocenters. The predicted molar refractivity (Wildman–Crippen MR) is 103 cm³/mol. The number of aryl methyl sites for hydroxylation is 1. The number of aromatic nitrogens is 1. The second kappa shape index (κ2) is 7.27. The van der Waals surface area contributed by atoms with Crippen molar-refractivity contribution in [3.8, 4) is 5.75 Å². The Morgan fingerprint density at radius 2 is 1.88 bits per heavy atom. The number of ether oxygens (including phenoxy) is 1. The van der Waals surface area contributed by atoms with Crippen molar-refractivity contribution in [2.45, 2.75) is 6.92 Å². The van der Waals surface area contributed by atoms with E-state index < -0.39 is 0 Å². The smallest absolute Gasteiger partial charge is 0.261 e. The SMILES string of the molecule is COc1ccccc1C(=O)NC(=S)Nc1cccc2ccc(C)nc12. The zero-order chi connectivity index (χ0) is 17.8. The maximum atomic E-state index is 12.4. The summed E-state index contributed by atoms with van der Waals surface area (Å²) in [6.07, 6.45) is 0. The molecular weight excluding hydrogens is 334 g/mol. The van der Waals surface area contributed by atoms with Crippen LogP contribution in [-0.2, 0) is 0 Å². The van der Waals surface area contributed by atoms with Gasteiger partial charge in [0.05, 0.1) is 23.9 Å². The zero-order valence-corrected chi connectivity index (χ0v) is 14.7. The Morgan fingerprint density at radius 1 is 1.08 bits per heavy atom. The van der Waals surface area contributed by atoms with E-state index in [-0.39, 0.29) is 11.0 Å². The van der Waals surface area contributed by atoms with Crippen molar-refractivity contribution >= 4 is 39.8 Å². The highest BCUT2D eigenvalue weighted by Gasteiger charge is 2.13. The lowest BCUT2D eigenvalue weighted by atomic mass is 10.1. The minimum Gasteiger partial charge on any atom is -0.496 e. The fourth-order valence-electron chi connectivity index (χ4n) is 2.50. The molecule has 25 heavy (non-hydrogen) atoms. The van der Waals surface area contributed by atoms with Crippen LogP contribution in [0.1, 0.15) is 16.1 Å². The first kappa shape index (κ1) is 16.9. The van der Waals surface area contributed by atoms with Crippen molar-refractivity contribution in [1.29, 1.82) is 0 Å². The number of nitrogens with one attached hydrogen (secondary N) is 2. The van der Waals surface area contributed by atoms with E-state index in [0.29, 0.717) is 11.3 Å². The number of anilines is 1. The van der Waals surface area contributed by atoms with Crippen LogP contribution in [-0.4, -0.2) is 23.1 Å².